The van der Waals surface area contributed by atoms with Crippen LogP contribution in [0.4, 0.5) is 5.69 Å². The monoisotopic (exact) mass is 334 g/mol. The van der Waals surface area contributed by atoms with Crippen LogP contribution in [-0.2, 0) is 10.0 Å². The van der Waals surface area contributed by atoms with Gasteiger partial charge in [0.25, 0.3) is 0 Å². The van der Waals surface area contributed by atoms with E-state index >= 15 is 0 Å². The number of anilines is 1. The summed E-state index contributed by atoms with van der Waals surface area (Å²) in [6.45, 7) is 6.21. The van der Waals surface area contributed by atoms with Crippen molar-refractivity contribution >= 4 is 31.6 Å². The van der Waals surface area contributed by atoms with Crippen LogP contribution in [0.5, 0.6) is 0 Å². The highest BCUT2D eigenvalue weighted by molar-refractivity contribution is 9.10. The van der Waals surface area contributed by atoms with Crippen molar-refractivity contribution in [2.24, 2.45) is 0 Å². The SMILES string of the molecule is CCCN(C(C)C)S(=O)(=O)c1ccc(Br)c(N)c1. The molecule has 0 fully saturated rings. The molecule has 6 heteroatoms. The molecule has 0 aliphatic heterocycles. The number of halogens is 1. The number of nitrogens with two attached hydrogens (primary N) is 1. The van der Waals surface area contributed by atoms with E-state index in [9.17, 15) is 8.42 Å². The predicted octanol–water partition coefficient (Wildman–Crippen LogP) is 2.84. The van der Waals surface area contributed by atoms with Crippen LogP contribution in [0.3, 0.4) is 0 Å². The molecule has 1 rings (SSSR count). The Hall–Kier alpha value is -0.590. The Labute approximate surface area is 117 Å². The average molecular weight is 335 g/mol. The molecule has 0 aliphatic carbocycles. The van der Waals surface area contributed by atoms with Crippen molar-refractivity contribution in [3.05, 3.63) is 22.7 Å². The van der Waals surface area contributed by atoms with Gasteiger partial charge in [0.1, 0.15) is 0 Å². The van der Waals surface area contributed by atoms with E-state index in [-0.39, 0.29) is 10.9 Å². The summed E-state index contributed by atoms with van der Waals surface area (Å²) < 4.78 is 27.2. The van der Waals surface area contributed by atoms with Crippen LogP contribution in [0, 0.1) is 0 Å². The minimum absolute atomic E-state index is 0.0696. The average Bonchev–Trinajstić information content (AvgIpc) is 2.28. The van der Waals surface area contributed by atoms with Crippen molar-refractivity contribution in [2.75, 3.05) is 12.3 Å². The minimum Gasteiger partial charge on any atom is -0.398 e. The zero-order valence-electron chi connectivity index (χ0n) is 10.9. The molecule has 0 heterocycles. The zero-order valence-corrected chi connectivity index (χ0v) is 13.3. The van der Waals surface area contributed by atoms with E-state index in [1.54, 1.807) is 12.1 Å². The lowest BCUT2D eigenvalue weighted by atomic mass is 10.3. The van der Waals surface area contributed by atoms with Gasteiger partial charge < -0.3 is 5.73 Å². The largest absolute Gasteiger partial charge is 0.398 e. The van der Waals surface area contributed by atoms with Crippen molar-refractivity contribution in [3.8, 4) is 0 Å². The molecule has 0 aromatic heterocycles. The van der Waals surface area contributed by atoms with E-state index in [4.69, 9.17) is 5.73 Å². The van der Waals surface area contributed by atoms with Gasteiger partial charge in [-0.05, 0) is 54.4 Å². The number of nitrogen functional groups attached to an aromatic ring is 1. The van der Waals surface area contributed by atoms with Crippen molar-refractivity contribution in [1.82, 2.24) is 4.31 Å². The number of rotatable bonds is 5. The summed E-state index contributed by atoms with van der Waals surface area (Å²) >= 11 is 3.26. The van der Waals surface area contributed by atoms with Gasteiger partial charge in [-0.25, -0.2) is 8.42 Å². The van der Waals surface area contributed by atoms with E-state index in [0.29, 0.717) is 16.7 Å². The second kappa shape index (κ2) is 6.04. The van der Waals surface area contributed by atoms with Gasteiger partial charge in [-0.15, -0.1) is 0 Å². The van der Waals surface area contributed by atoms with Gasteiger partial charge >= 0.3 is 0 Å². The Morgan fingerprint density at radius 3 is 2.44 bits per heavy atom. The number of benzene rings is 1. The fourth-order valence-electron chi connectivity index (χ4n) is 1.69. The number of hydrogen-bond donors (Lipinski definition) is 1. The maximum Gasteiger partial charge on any atom is 0.243 e. The third-order valence-electron chi connectivity index (χ3n) is 2.59. The van der Waals surface area contributed by atoms with Crippen molar-refractivity contribution in [3.63, 3.8) is 0 Å². The molecule has 4 nitrogen and oxygen atoms in total. The van der Waals surface area contributed by atoms with Gasteiger partial charge in [-0.1, -0.05) is 6.92 Å². The molecule has 0 unspecified atom stereocenters. The topological polar surface area (TPSA) is 63.4 Å². The lowest BCUT2D eigenvalue weighted by Gasteiger charge is -2.25. The first kappa shape index (κ1) is 15.5. The quantitative estimate of drug-likeness (QED) is 0.842. The Kier molecular flexibility index (Phi) is 5.19. The highest BCUT2D eigenvalue weighted by atomic mass is 79.9. The van der Waals surface area contributed by atoms with Gasteiger partial charge in [0.05, 0.1) is 4.90 Å². The van der Waals surface area contributed by atoms with Crippen LogP contribution >= 0.6 is 15.9 Å². The molecule has 2 N–H and O–H groups in total. The third kappa shape index (κ3) is 3.24. The normalized spacial score (nSPS) is 12.3. The molecular formula is C12H19BrN2O2S. The van der Waals surface area contributed by atoms with Crippen LogP contribution in [0.2, 0.25) is 0 Å². The molecule has 1 aromatic carbocycles. The van der Waals surface area contributed by atoms with Crippen LogP contribution in [0.15, 0.2) is 27.6 Å². The first-order chi connectivity index (χ1) is 8.30. The molecule has 0 radical (unpaired) electrons. The molecule has 0 bridgehead atoms. The zero-order chi connectivity index (χ0) is 13.9. The molecule has 0 amide bonds. The Morgan fingerprint density at radius 1 is 1.39 bits per heavy atom. The van der Waals surface area contributed by atoms with E-state index in [1.165, 1.54) is 10.4 Å². The van der Waals surface area contributed by atoms with Crippen LogP contribution in [-0.4, -0.2) is 25.3 Å². The maximum absolute atomic E-state index is 12.5. The molecule has 0 spiro atoms. The summed E-state index contributed by atoms with van der Waals surface area (Å²) in [4.78, 5) is 0.241. The van der Waals surface area contributed by atoms with Gasteiger partial charge in [0.15, 0.2) is 0 Å². The van der Waals surface area contributed by atoms with Gasteiger partial charge in [0.2, 0.25) is 10.0 Å². The van der Waals surface area contributed by atoms with Crippen LogP contribution in [0.25, 0.3) is 0 Å². The molecular weight excluding hydrogens is 316 g/mol. The fraction of sp³-hybridized carbons (Fsp3) is 0.500. The Bertz CT molecular complexity index is 515. The summed E-state index contributed by atoms with van der Waals surface area (Å²) in [5.41, 5.74) is 6.16. The second-order valence-corrected chi connectivity index (χ2v) is 7.14. The predicted molar refractivity (Wildman–Crippen MR) is 77.9 cm³/mol. The smallest absolute Gasteiger partial charge is 0.243 e. The summed E-state index contributed by atoms with van der Waals surface area (Å²) in [7, 11) is -3.47. The molecule has 1 aromatic rings. The van der Waals surface area contributed by atoms with Crippen molar-refractivity contribution in [2.45, 2.75) is 38.1 Å². The van der Waals surface area contributed by atoms with Crippen molar-refractivity contribution in [1.29, 1.82) is 0 Å². The van der Waals surface area contributed by atoms with Gasteiger partial charge in [0, 0.05) is 22.7 Å². The second-order valence-electron chi connectivity index (χ2n) is 4.39. The highest BCUT2D eigenvalue weighted by Gasteiger charge is 2.26. The summed E-state index contributed by atoms with van der Waals surface area (Å²) in [5, 5.41) is 0. The molecule has 0 atom stereocenters. The van der Waals surface area contributed by atoms with Gasteiger partial charge in [-0.3, -0.25) is 0 Å². The Morgan fingerprint density at radius 2 is 2.00 bits per heavy atom. The first-order valence-electron chi connectivity index (χ1n) is 5.87. The van der Waals surface area contributed by atoms with E-state index in [1.807, 2.05) is 20.8 Å². The number of sulfonamides is 1. The minimum atomic E-state index is -3.47. The molecule has 0 saturated carbocycles. The van der Waals surface area contributed by atoms with E-state index < -0.39 is 10.0 Å². The van der Waals surface area contributed by atoms with Crippen LogP contribution < -0.4 is 5.73 Å². The molecule has 102 valence electrons. The first-order valence-corrected chi connectivity index (χ1v) is 8.11. The fourth-order valence-corrected chi connectivity index (χ4v) is 3.71. The molecule has 0 saturated heterocycles. The summed E-state index contributed by atoms with van der Waals surface area (Å²) in [5.74, 6) is 0. The maximum atomic E-state index is 12.5. The lowest BCUT2D eigenvalue weighted by Crippen LogP contribution is -2.37. The Balaban J connectivity index is 3.22. The van der Waals surface area contributed by atoms with E-state index in [0.717, 1.165) is 6.42 Å². The number of nitrogens with zero attached hydrogens (tertiary/aromatic N) is 1. The summed E-state index contributed by atoms with van der Waals surface area (Å²) in [6, 6.07) is 4.65. The molecule has 18 heavy (non-hydrogen) atoms. The van der Waals surface area contributed by atoms with Crippen LogP contribution in [0.1, 0.15) is 27.2 Å². The standard InChI is InChI=1S/C12H19BrN2O2S/c1-4-7-15(9(2)3)18(16,17)10-5-6-11(13)12(14)8-10/h5-6,8-9H,4,7,14H2,1-3H3. The van der Waals surface area contributed by atoms with Crippen molar-refractivity contribution < 1.29 is 8.42 Å². The number of hydrogen-bond acceptors (Lipinski definition) is 3. The molecule has 0 aliphatic rings. The van der Waals surface area contributed by atoms with E-state index in [2.05, 4.69) is 15.9 Å². The van der Waals surface area contributed by atoms with Gasteiger partial charge in [-0.2, -0.15) is 4.31 Å². The lowest BCUT2D eigenvalue weighted by molar-refractivity contribution is 0.354. The summed E-state index contributed by atoms with van der Waals surface area (Å²) in [6.07, 6.45) is 0.781. The third-order valence-corrected chi connectivity index (χ3v) is 5.39. The highest BCUT2D eigenvalue weighted by Crippen LogP contribution is 2.25.